The van der Waals surface area contributed by atoms with Crippen LogP contribution in [-0.4, -0.2) is 68.5 Å². The Bertz CT molecular complexity index is 1220. The molecule has 9 heteroatoms. The highest BCUT2D eigenvalue weighted by molar-refractivity contribution is 7.45. The molecule has 0 radical (unpaired) electrons. The molecule has 69 heavy (non-hydrogen) atoms. The summed E-state index contributed by atoms with van der Waals surface area (Å²) < 4.78 is 23.4. The van der Waals surface area contributed by atoms with Gasteiger partial charge < -0.3 is 28.8 Å². The first-order chi connectivity index (χ1) is 33.5. The summed E-state index contributed by atoms with van der Waals surface area (Å²) in [6, 6.07) is -0.889. The molecular formula is C60H117N2O6P. The fourth-order valence-electron chi connectivity index (χ4n) is 8.89. The number of aliphatic hydroxyl groups is 1. The van der Waals surface area contributed by atoms with Crippen molar-refractivity contribution in [2.24, 2.45) is 0 Å². The number of nitrogens with zero attached hydrogens (tertiary/aromatic N) is 1. The van der Waals surface area contributed by atoms with E-state index in [2.05, 4.69) is 43.5 Å². The van der Waals surface area contributed by atoms with Crippen molar-refractivity contribution >= 4 is 13.7 Å². The van der Waals surface area contributed by atoms with Gasteiger partial charge in [0.2, 0.25) is 5.91 Å². The van der Waals surface area contributed by atoms with E-state index in [1.54, 1.807) is 6.08 Å². The van der Waals surface area contributed by atoms with Gasteiger partial charge in [0.25, 0.3) is 7.82 Å². The minimum Gasteiger partial charge on any atom is -0.756 e. The topological polar surface area (TPSA) is 108 Å². The first-order valence-corrected chi connectivity index (χ1v) is 31.3. The van der Waals surface area contributed by atoms with Gasteiger partial charge in [-0.05, 0) is 51.4 Å². The molecule has 0 aliphatic rings. The van der Waals surface area contributed by atoms with Gasteiger partial charge in [-0.1, -0.05) is 269 Å². The van der Waals surface area contributed by atoms with E-state index in [4.69, 9.17) is 9.05 Å². The SMILES string of the molecule is CCCCC/C=C\C/C=C\CCCCCCCCCCCC(=O)NC(COP(=O)([O-])OCC[N+](C)(C)C)C(O)/C=C/CCCCCCCCCCCCCCCCCCCCCCCCCCCC. The molecule has 0 spiro atoms. The highest BCUT2D eigenvalue weighted by Crippen LogP contribution is 2.38. The lowest BCUT2D eigenvalue weighted by Gasteiger charge is -2.29. The zero-order valence-corrected chi connectivity index (χ0v) is 47.4. The number of carbonyl (C=O) groups excluding carboxylic acids is 1. The summed E-state index contributed by atoms with van der Waals surface area (Å²) in [7, 11) is 1.27. The largest absolute Gasteiger partial charge is 0.756 e. The van der Waals surface area contributed by atoms with Crippen LogP contribution >= 0.6 is 7.82 Å². The highest BCUT2D eigenvalue weighted by Gasteiger charge is 2.23. The maximum absolute atomic E-state index is 13.0. The van der Waals surface area contributed by atoms with E-state index in [-0.39, 0.29) is 19.1 Å². The number of aliphatic hydroxyl groups excluding tert-OH is 1. The number of amides is 1. The van der Waals surface area contributed by atoms with Crippen molar-refractivity contribution in [3.05, 3.63) is 36.5 Å². The summed E-state index contributed by atoms with van der Waals surface area (Å²) in [6.45, 7) is 4.66. The number of phosphoric acid groups is 1. The minimum absolute atomic E-state index is 0.00143. The molecule has 0 bridgehead atoms. The Labute approximate surface area is 429 Å². The average Bonchev–Trinajstić information content (AvgIpc) is 3.31. The Hall–Kier alpha value is -1.28. The second kappa shape index (κ2) is 51.6. The summed E-state index contributed by atoms with van der Waals surface area (Å²) in [5, 5.41) is 13.9. The van der Waals surface area contributed by atoms with Crippen LogP contribution in [0.25, 0.3) is 0 Å². The van der Waals surface area contributed by atoms with Crippen LogP contribution in [0.5, 0.6) is 0 Å². The van der Waals surface area contributed by atoms with Crippen LogP contribution < -0.4 is 10.2 Å². The Kier molecular flexibility index (Phi) is 50.7. The maximum Gasteiger partial charge on any atom is 0.268 e. The molecule has 2 N–H and O–H groups in total. The summed E-state index contributed by atoms with van der Waals surface area (Å²) in [5.41, 5.74) is 0. The molecule has 0 aliphatic carbocycles. The molecule has 0 aromatic rings. The minimum atomic E-state index is -4.60. The number of allylic oxidation sites excluding steroid dienone is 5. The Morgan fingerprint density at radius 1 is 0.507 bits per heavy atom. The van der Waals surface area contributed by atoms with Crippen LogP contribution in [0.2, 0.25) is 0 Å². The maximum atomic E-state index is 13.0. The van der Waals surface area contributed by atoms with Crippen molar-refractivity contribution in [2.45, 2.75) is 302 Å². The van der Waals surface area contributed by atoms with Crippen LogP contribution in [0.4, 0.5) is 0 Å². The number of carbonyl (C=O) groups is 1. The van der Waals surface area contributed by atoms with Crippen molar-refractivity contribution in [2.75, 3.05) is 40.9 Å². The van der Waals surface area contributed by atoms with Crippen LogP contribution in [0.3, 0.4) is 0 Å². The standard InChI is InChI=1S/C60H117N2O6P/c1-6-8-10-12-14-16-18-20-22-24-26-27-28-29-30-31-32-33-34-36-37-39-41-43-45-47-49-51-53-59(63)58(57-68-69(65,66)67-56-55-62(3,4)5)61-60(64)54-52-50-48-46-44-42-40-38-35-25-23-21-19-17-15-13-11-9-7-2/h15,17,21,23,51,53,58-59,63H,6-14,16,18-20,22,24-50,52,54-57H2,1-5H3,(H-,61,64,65,66)/b17-15-,23-21-,53-51+. The summed E-state index contributed by atoms with van der Waals surface area (Å²) in [4.78, 5) is 25.5. The monoisotopic (exact) mass is 993 g/mol. The molecular weight excluding hydrogens is 876 g/mol. The molecule has 0 saturated heterocycles. The molecule has 0 aromatic carbocycles. The van der Waals surface area contributed by atoms with E-state index in [0.29, 0.717) is 17.4 Å². The molecule has 0 rings (SSSR count). The zero-order chi connectivity index (χ0) is 50.6. The van der Waals surface area contributed by atoms with Gasteiger partial charge >= 0.3 is 0 Å². The smallest absolute Gasteiger partial charge is 0.268 e. The quantitative estimate of drug-likeness (QED) is 0.0272. The van der Waals surface area contributed by atoms with Gasteiger partial charge in [-0.15, -0.1) is 0 Å². The van der Waals surface area contributed by atoms with E-state index in [1.165, 1.54) is 225 Å². The van der Waals surface area contributed by atoms with Crippen LogP contribution in [0.15, 0.2) is 36.5 Å². The third-order valence-corrected chi connectivity index (χ3v) is 14.6. The molecule has 3 atom stereocenters. The number of unbranched alkanes of at least 4 members (excludes halogenated alkanes) is 38. The second-order valence-electron chi connectivity index (χ2n) is 21.7. The zero-order valence-electron chi connectivity index (χ0n) is 46.5. The number of phosphoric ester groups is 1. The van der Waals surface area contributed by atoms with Crippen molar-refractivity contribution < 1.29 is 32.9 Å². The van der Waals surface area contributed by atoms with E-state index >= 15 is 0 Å². The molecule has 0 aromatic heterocycles. The summed E-state index contributed by atoms with van der Waals surface area (Å²) >= 11 is 0. The predicted molar refractivity (Wildman–Crippen MR) is 298 cm³/mol. The first-order valence-electron chi connectivity index (χ1n) is 29.9. The Balaban J connectivity index is 4.16. The van der Waals surface area contributed by atoms with Gasteiger partial charge in [-0.25, -0.2) is 0 Å². The fraction of sp³-hybridized carbons (Fsp3) is 0.883. The number of hydrogen-bond acceptors (Lipinski definition) is 6. The van der Waals surface area contributed by atoms with Gasteiger partial charge in [0.1, 0.15) is 13.2 Å². The predicted octanol–water partition coefficient (Wildman–Crippen LogP) is 17.5. The first kappa shape index (κ1) is 67.7. The third kappa shape index (κ3) is 54.3. The number of rotatable bonds is 55. The van der Waals surface area contributed by atoms with Crippen LogP contribution in [0, 0.1) is 0 Å². The Morgan fingerprint density at radius 3 is 1.23 bits per heavy atom. The molecule has 3 unspecified atom stereocenters. The van der Waals surface area contributed by atoms with Gasteiger partial charge in [0.15, 0.2) is 0 Å². The molecule has 0 saturated carbocycles. The lowest BCUT2D eigenvalue weighted by atomic mass is 10.0. The van der Waals surface area contributed by atoms with Crippen LogP contribution in [-0.2, 0) is 18.4 Å². The molecule has 0 heterocycles. The summed E-state index contributed by atoms with van der Waals surface area (Å²) in [6.07, 6.45) is 66.5. The van der Waals surface area contributed by atoms with Crippen molar-refractivity contribution in [1.29, 1.82) is 0 Å². The fourth-order valence-corrected chi connectivity index (χ4v) is 9.61. The number of quaternary nitrogens is 1. The summed E-state index contributed by atoms with van der Waals surface area (Å²) in [5.74, 6) is -0.199. The van der Waals surface area contributed by atoms with Gasteiger partial charge in [0, 0.05) is 6.42 Å². The van der Waals surface area contributed by atoms with Crippen molar-refractivity contribution in [1.82, 2.24) is 5.32 Å². The molecule has 1 amide bonds. The Morgan fingerprint density at radius 2 is 0.841 bits per heavy atom. The molecule has 0 aliphatic heterocycles. The number of likely N-dealkylation sites (N-methyl/N-ethyl adjacent to an activating group) is 1. The molecule has 408 valence electrons. The second-order valence-corrected chi connectivity index (χ2v) is 23.1. The van der Waals surface area contributed by atoms with E-state index < -0.39 is 20.0 Å². The van der Waals surface area contributed by atoms with Gasteiger partial charge in [-0.3, -0.25) is 9.36 Å². The lowest BCUT2D eigenvalue weighted by molar-refractivity contribution is -0.870. The number of nitrogens with one attached hydrogen (secondary N) is 1. The normalized spacial score (nSPS) is 14.1. The van der Waals surface area contributed by atoms with Gasteiger partial charge in [-0.2, -0.15) is 0 Å². The average molecular weight is 994 g/mol. The van der Waals surface area contributed by atoms with E-state index in [9.17, 15) is 19.4 Å². The molecule has 8 nitrogen and oxygen atoms in total. The molecule has 0 fully saturated rings. The van der Waals surface area contributed by atoms with Crippen LogP contribution in [0.1, 0.15) is 290 Å². The van der Waals surface area contributed by atoms with E-state index in [1.807, 2.05) is 27.2 Å². The van der Waals surface area contributed by atoms with Gasteiger partial charge in [0.05, 0.1) is 39.9 Å². The van der Waals surface area contributed by atoms with Crippen molar-refractivity contribution in [3.63, 3.8) is 0 Å². The van der Waals surface area contributed by atoms with Crippen molar-refractivity contribution in [3.8, 4) is 0 Å². The number of hydrogen-bond donors (Lipinski definition) is 2. The highest BCUT2D eigenvalue weighted by atomic mass is 31.2. The third-order valence-electron chi connectivity index (χ3n) is 13.6. The lowest BCUT2D eigenvalue weighted by Crippen LogP contribution is -2.45. The van der Waals surface area contributed by atoms with E-state index in [0.717, 1.165) is 44.9 Å².